The Balaban J connectivity index is 2.85. The summed E-state index contributed by atoms with van der Waals surface area (Å²) in [5, 5.41) is 0. The Bertz CT molecular complexity index is 231. The summed E-state index contributed by atoms with van der Waals surface area (Å²) in [4.78, 5) is 10.9. The summed E-state index contributed by atoms with van der Waals surface area (Å²) in [6.07, 6.45) is 4.38. The molecule has 11 heavy (non-hydrogen) atoms. The lowest BCUT2D eigenvalue weighted by Crippen LogP contribution is -2.05. The molecule has 0 aromatic heterocycles. The summed E-state index contributed by atoms with van der Waals surface area (Å²) < 4.78 is 0. The van der Waals surface area contributed by atoms with Crippen molar-refractivity contribution < 1.29 is 4.79 Å². The predicted molar refractivity (Wildman–Crippen MR) is 46.3 cm³/mol. The fourth-order valence-corrected chi connectivity index (χ4v) is 1.45. The van der Waals surface area contributed by atoms with E-state index >= 15 is 0 Å². The second kappa shape index (κ2) is 3.04. The fourth-order valence-electron chi connectivity index (χ4n) is 1.45. The second-order valence-corrected chi connectivity index (χ2v) is 3.31. The summed E-state index contributed by atoms with van der Waals surface area (Å²) in [6.45, 7) is 6.31. The average Bonchev–Trinajstić information content (AvgIpc) is 1.85. The van der Waals surface area contributed by atoms with E-state index in [1.807, 2.05) is 13.0 Å². The van der Waals surface area contributed by atoms with Crippen LogP contribution in [0.4, 0.5) is 0 Å². The number of ketones is 1. The van der Waals surface area contributed by atoms with Crippen molar-refractivity contribution in [1.82, 2.24) is 0 Å². The van der Waals surface area contributed by atoms with E-state index in [-0.39, 0.29) is 5.78 Å². The summed E-state index contributed by atoms with van der Waals surface area (Å²) >= 11 is 0. The first kappa shape index (κ1) is 8.25. The van der Waals surface area contributed by atoms with Crippen molar-refractivity contribution in [2.75, 3.05) is 0 Å². The highest BCUT2D eigenvalue weighted by Crippen LogP contribution is 2.22. The molecule has 0 saturated carbocycles. The Morgan fingerprint density at radius 3 is 2.55 bits per heavy atom. The number of carbonyl (C=O) groups is 1. The fraction of sp³-hybridized carbons (Fsp3) is 0.500. The number of hydrogen-bond donors (Lipinski definition) is 0. The molecule has 0 atom stereocenters. The molecule has 0 aromatic carbocycles. The van der Waals surface area contributed by atoms with Gasteiger partial charge in [-0.3, -0.25) is 4.79 Å². The Kier molecular flexibility index (Phi) is 2.28. The van der Waals surface area contributed by atoms with Gasteiger partial charge < -0.3 is 0 Å². The smallest absolute Gasteiger partial charge is 0.159 e. The molecule has 0 radical (unpaired) electrons. The molecule has 0 bridgehead atoms. The first-order valence-corrected chi connectivity index (χ1v) is 4.03. The summed E-state index contributed by atoms with van der Waals surface area (Å²) in [6, 6.07) is 0. The van der Waals surface area contributed by atoms with Gasteiger partial charge in [0.25, 0.3) is 0 Å². The van der Waals surface area contributed by atoms with Crippen molar-refractivity contribution >= 4 is 5.78 Å². The van der Waals surface area contributed by atoms with E-state index < -0.39 is 0 Å². The van der Waals surface area contributed by atoms with Crippen molar-refractivity contribution in [3.05, 3.63) is 23.3 Å². The van der Waals surface area contributed by atoms with Crippen LogP contribution in [0, 0.1) is 5.92 Å². The molecule has 0 saturated heterocycles. The molecule has 0 heterocycles. The van der Waals surface area contributed by atoms with E-state index in [2.05, 4.69) is 13.8 Å². The molecule has 0 N–H and O–H groups in total. The lowest BCUT2D eigenvalue weighted by molar-refractivity contribution is -0.114. The van der Waals surface area contributed by atoms with Crippen LogP contribution in [-0.4, -0.2) is 5.78 Å². The van der Waals surface area contributed by atoms with E-state index in [0.29, 0.717) is 12.3 Å². The Morgan fingerprint density at radius 2 is 2.09 bits per heavy atom. The minimum absolute atomic E-state index is 0.229. The summed E-state index contributed by atoms with van der Waals surface area (Å²) in [5.74, 6) is 0.770. The maximum atomic E-state index is 10.9. The minimum Gasteiger partial charge on any atom is -0.295 e. The standard InChI is InChI=1S/C10H14O/c1-7(2)10-5-4-9(11)6-8(10)3/h5-7H,4H2,1-3H3. The molecule has 0 fully saturated rings. The van der Waals surface area contributed by atoms with Gasteiger partial charge in [0.2, 0.25) is 0 Å². The molecule has 1 aliphatic carbocycles. The van der Waals surface area contributed by atoms with E-state index in [1.165, 1.54) is 5.57 Å². The third-order valence-electron chi connectivity index (χ3n) is 1.98. The van der Waals surface area contributed by atoms with Gasteiger partial charge in [-0.05, 0) is 30.1 Å². The van der Waals surface area contributed by atoms with Gasteiger partial charge in [-0.15, -0.1) is 0 Å². The summed E-state index contributed by atoms with van der Waals surface area (Å²) in [7, 11) is 0. The molecule has 0 unspecified atom stereocenters. The zero-order chi connectivity index (χ0) is 8.43. The molecule has 1 heteroatoms. The predicted octanol–water partition coefficient (Wildman–Crippen LogP) is 2.49. The number of carbonyl (C=O) groups excluding carboxylic acids is 1. The van der Waals surface area contributed by atoms with Gasteiger partial charge in [0.05, 0.1) is 0 Å². The lowest BCUT2D eigenvalue weighted by Gasteiger charge is -2.15. The topological polar surface area (TPSA) is 17.1 Å². The number of hydrogen-bond acceptors (Lipinski definition) is 1. The van der Waals surface area contributed by atoms with Crippen molar-refractivity contribution in [2.45, 2.75) is 27.2 Å². The number of rotatable bonds is 1. The van der Waals surface area contributed by atoms with E-state index in [9.17, 15) is 4.79 Å². The largest absolute Gasteiger partial charge is 0.295 e. The minimum atomic E-state index is 0.229. The van der Waals surface area contributed by atoms with Crippen LogP contribution < -0.4 is 0 Å². The molecule has 1 nitrogen and oxygen atoms in total. The highest BCUT2D eigenvalue weighted by Gasteiger charge is 2.11. The molecular weight excluding hydrogens is 136 g/mol. The Labute approximate surface area is 67.8 Å². The van der Waals surface area contributed by atoms with Gasteiger partial charge in [0.1, 0.15) is 0 Å². The van der Waals surface area contributed by atoms with Crippen LogP contribution in [0.5, 0.6) is 0 Å². The van der Waals surface area contributed by atoms with E-state index in [1.54, 1.807) is 6.08 Å². The van der Waals surface area contributed by atoms with Crippen LogP contribution in [-0.2, 0) is 4.79 Å². The maximum Gasteiger partial charge on any atom is 0.159 e. The number of allylic oxidation sites excluding steroid dienone is 4. The van der Waals surface area contributed by atoms with Gasteiger partial charge in [0, 0.05) is 6.42 Å². The van der Waals surface area contributed by atoms with Crippen LogP contribution in [0.25, 0.3) is 0 Å². The first-order chi connectivity index (χ1) is 5.11. The van der Waals surface area contributed by atoms with Crippen LogP contribution >= 0.6 is 0 Å². The van der Waals surface area contributed by atoms with Gasteiger partial charge >= 0.3 is 0 Å². The zero-order valence-corrected chi connectivity index (χ0v) is 7.35. The molecule has 0 spiro atoms. The van der Waals surface area contributed by atoms with Gasteiger partial charge in [-0.1, -0.05) is 19.9 Å². The van der Waals surface area contributed by atoms with Crippen molar-refractivity contribution in [2.24, 2.45) is 5.92 Å². The van der Waals surface area contributed by atoms with Gasteiger partial charge in [-0.2, -0.15) is 0 Å². The Hall–Kier alpha value is -0.850. The van der Waals surface area contributed by atoms with Crippen molar-refractivity contribution in [3.8, 4) is 0 Å². The quantitative estimate of drug-likeness (QED) is 0.561. The first-order valence-electron chi connectivity index (χ1n) is 4.03. The van der Waals surface area contributed by atoms with Crippen LogP contribution in [0.3, 0.4) is 0 Å². The average molecular weight is 150 g/mol. The molecule has 1 aliphatic rings. The molecule has 0 amide bonds. The monoisotopic (exact) mass is 150 g/mol. The van der Waals surface area contributed by atoms with E-state index in [4.69, 9.17) is 0 Å². The zero-order valence-electron chi connectivity index (χ0n) is 7.35. The van der Waals surface area contributed by atoms with Crippen molar-refractivity contribution in [1.29, 1.82) is 0 Å². The molecule has 0 aromatic rings. The summed E-state index contributed by atoms with van der Waals surface area (Å²) in [5.41, 5.74) is 2.46. The normalized spacial score (nSPS) is 18.4. The van der Waals surface area contributed by atoms with Crippen LogP contribution in [0.15, 0.2) is 23.3 Å². The lowest BCUT2D eigenvalue weighted by atomic mass is 9.90. The third-order valence-corrected chi connectivity index (χ3v) is 1.98. The molecule has 1 rings (SSSR count). The third kappa shape index (κ3) is 1.79. The van der Waals surface area contributed by atoms with E-state index in [0.717, 1.165) is 5.57 Å². The van der Waals surface area contributed by atoms with Gasteiger partial charge in [0.15, 0.2) is 5.78 Å². The molecule has 0 aliphatic heterocycles. The van der Waals surface area contributed by atoms with Gasteiger partial charge in [-0.25, -0.2) is 0 Å². The molecular formula is C10H14O. The van der Waals surface area contributed by atoms with Crippen LogP contribution in [0.2, 0.25) is 0 Å². The Morgan fingerprint density at radius 1 is 1.45 bits per heavy atom. The highest BCUT2D eigenvalue weighted by molar-refractivity contribution is 5.93. The SMILES string of the molecule is CC1=CC(=O)CC=C1C(C)C. The molecule has 60 valence electrons. The maximum absolute atomic E-state index is 10.9. The van der Waals surface area contributed by atoms with Crippen molar-refractivity contribution in [3.63, 3.8) is 0 Å². The van der Waals surface area contributed by atoms with Crippen LogP contribution in [0.1, 0.15) is 27.2 Å². The second-order valence-electron chi connectivity index (χ2n) is 3.31. The highest BCUT2D eigenvalue weighted by atomic mass is 16.1.